The lowest BCUT2D eigenvalue weighted by molar-refractivity contribution is 0.0169. The Balaban J connectivity index is 2.02. The van der Waals surface area contributed by atoms with Gasteiger partial charge in [0.25, 0.3) is 0 Å². The third-order valence-electron chi connectivity index (χ3n) is 3.16. The van der Waals surface area contributed by atoms with E-state index in [0.29, 0.717) is 23.3 Å². The van der Waals surface area contributed by atoms with E-state index in [1.54, 1.807) is 12.4 Å². The average Bonchev–Trinajstić information content (AvgIpc) is 2.92. The highest BCUT2D eigenvalue weighted by atomic mass is 79.9. The maximum atomic E-state index is 9.91. The molecule has 2 heterocycles. The summed E-state index contributed by atoms with van der Waals surface area (Å²) in [6, 6.07) is 0. The van der Waals surface area contributed by atoms with Gasteiger partial charge in [-0.1, -0.05) is 15.9 Å². The molecule has 0 aromatic carbocycles. The van der Waals surface area contributed by atoms with E-state index >= 15 is 0 Å². The first kappa shape index (κ1) is 13.7. The maximum absolute atomic E-state index is 9.91. The molecule has 1 aromatic rings. The molecule has 0 radical (unpaired) electrons. The van der Waals surface area contributed by atoms with Crippen LogP contribution in [0.25, 0.3) is 0 Å². The van der Waals surface area contributed by atoms with E-state index in [2.05, 4.69) is 30.8 Å². The van der Waals surface area contributed by atoms with Crippen molar-refractivity contribution in [2.24, 2.45) is 0 Å². The molecule has 1 aromatic heterocycles. The molecule has 1 fully saturated rings. The Morgan fingerprint density at radius 2 is 1.83 bits per heavy atom. The van der Waals surface area contributed by atoms with E-state index in [1.807, 2.05) is 0 Å². The fraction of sp³-hybridized carbons (Fsp3) is 0.667. The third kappa shape index (κ3) is 3.18. The number of aliphatic hydroxyl groups is 2. The number of aliphatic hydroxyl groups excluding tert-OH is 2. The van der Waals surface area contributed by atoms with Crippen molar-refractivity contribution in [1.82, 2.24) is 9.97 Å². The van der Waals surface area contributed by atoms with Crippen LogP contribution in [0.4, 0.5) is 5.95 Å². The van der Waals surface area contributed by atoms with Gasteiger partial charge in [0.1, 0.15) is 6.10 Å². The number of hydrogen-bond acceptors (Lipinski definition) is 5. The Morgan fingerprint density at radius 3 is 2.39 bits per heavy atom. The summed E-state index contributed by atoms with van der Waals surface area (Å²) in [4.78, 5) is 10.6. The molecule has 1 aliphatic heterocycles. The third-order valence-corrected chi connectivity index (χ3v) is 3.62. The van der Waals surface area contributed by atoms with Gasteiger partial charge in [0.2, 0.25) is 5.95 Å². The fourth-order valence-corrected chi connectivity index (χ4v) is 2.53. The lowest BCUT2D eigenvalue weighted by Gasteiger charge is -2.18. The molecule has 1 saturated heterocycles. The second-order valence-electron chi connectivity index (χ2n) is 4.50. The first-order valence-electron chi connectivity index (χ1n) is 6.21. The highest BCUT2D eigenvalue weighted by Gasteiger charge is 2.20. The van der Waals surface area contributed by atoms with Crippen molar-refractivity contribution in [3.63, 3.8) is 0 Å². The minimum atomic E-state index is -0.921. The van der Waals surface area contributed by atoms with Gasteiger partial charge < -0.3 is 15.1 Å². The molecule has 2 N–H and O–H groups in total. The Hall–Kier alpha value is -0.720. The maximum Gasteiger partial charge on any atom is 0.225 e. The van der Waals surface area contributed by atoms with Gasteiger partial charge >= 0.3 is 0 Å². The molecule has 0 aliphatic carbocycles. The first-order valence-corrected chi connectivity index (χ1v) is 7.33. The fourth-order valence-electron chi connectivity index (χ4n) is 2.06. The summed E-state index contributed by atoms with van der Waals surface area (Å²) >= 11 is 3.24. The number of rotatable bonds is 5. The van der Waals surface area contributed by atoms with Crippen LogP contribution in [-0.4, -0.2) is 44.7 Å². The quantitative estimate of drug-likeness (QED) is 0.800. The summed E-state index contributed by atoms with van der Waals surface area (Å²) < 4.78 is 0. The Bertz CT molecular complexity index is 368. The summed E-state index contributed by atoms with van der Waals surface area (Å²) in [5, 5.41) is 20.3. The van der Waals surface area contributed by atoms with Crippen LogP contribution in [0.5, 0.6) is 0 Å². The van der Waals surface area contributed by atoms with E-state index in [9.17, 15) is 10.2 Å². The summed E-state index contributed by atoms with van der Waals surface area (Å²) in [5.41, 5.74) is 0.561. The Labute approximate surface area is 115 Å². The van der Waals surface area contributed by atoms with Gasteiger partial charge in [-0.3, -0.25) is 0 Å². The minimum absolute atomic E-state index is 0.495. The van der Waals surface area contributed by atoms with Gasteiger partial charge in [0, 0.05) is 36.4 Å². The van der Waals surface area contributed by atoms with Gasteiger partial charge in [-0.05, 0) is 19.3 Å². The summed E-state index contributed by atoms with van der Waals surface area (Å²) in [5.74, 6) is 0.707. The Kier molecular flexibility index (Phi) is 4.91. The zero-order chi connectivity index (χ0) is 13.0. The molecule has 18 heavy (non-hydrogen) atoms. The van der Waals surface area contributed by atoms with E-state index < -0.39 is 12.2 Å². The van der Waals surface area contributed by atoms with E-state index in [-0.39, 0.29) is 0 Å². The van der Waals surface area contributed by atoms with Crippen molar-refractivity contribution in [2.45, 2.75) is 31.5 Å². The molecule has 0 bridgehead atoms. The normalized spacial score (nSPS) is 18.9. The zero-order valence-corrected chi connectivity index (χ0v) is 11.8. The predicted octanol–water partition coefficient (Wildman–Crippen LogP) is 1.26. The highest BCUT2D eigenvalue weighted by molar-refractivity contribution is 9.09. The molecule has 0 saturated carbocycles. The smallest absolute Gasteiger partial charge is 0.225 e. The molecule has 0 spiro atoms. The summed E-state index contributed by atoms with van der Waals surface area (Å²) in [6.45, 7) is 1.99. The second kappa shape index (κ2) is 6.45. The van der Waals surface area contributed by atoms with Crippen LogP contribution in [0, 0.1) is 0 Å². The lowest BCUT2D eigenvalue weighted by Crippen LogP contribution is -2.22. The number of nitrogens with zero attached hydrogens (tertiary/aromatic N) is 3. The number of hydrogen-bond donors (Lipinski definition) is 2. The minimum Gasteiger partial charge on any atom is -0.390 e. The van der Waals surface area contributed by atoms with Crippen LogP contribution < -0.4 is 4.90 Å². The number of halogens is 1. The molecule has 2 unspecified atom stereocenters. The van der Waals surface area contributed by atoms with Crippen LogP contribution in [0.1, 0.15) is 30.9 Å². The van der Waals surface area contributed by atoms with Gasteiger partial charge in [0.05, 0.1) is 6.10 Å². The molecule has 1 aliphatic rings. The van der Waals surface area contributed by atoms with E-state index in [0.717, 1.165) is 13.1 Å². The van der Waals surface area contributed by atoms with Gasteiger partial charge in [0.15, 0.2) is 0 Å². The SMILES string of the molecule is OC(CCBr)C(O)c1cnc(N2CCCC2)nc1. The van der Waals surface area contributed by atoms with Gasteiger partial charge in [-0.25, -0.2) is 9.97 Å². The summed E-state index contributed by atoms with van der Waals surface area (Å²) in [7, 11) is 0. The first-order chi connectivity index (χ1) is 8.72. The van der Waals surface area contributed by atoms with Crippen LogP contribution in [0.3, 0.4) is 0 Å². The van der Waals surface area contributed by atoms with Crippen molar-refractivity contribution >= 4 is 21.9 Å². The molecule has 0 amide bonds. The van der Waals surface area contributed by atoms with Crippen molar-refractivity contribution < 1.29 is 10.2 Å². The van der Waals surface area contributed by atoms with Crippen molar-refractivity contribution in [3.8, 4) is 0 Å². The molecular weight excluding hydrogens is 298 g/mol. The topological polar surface area (TPSA) is 69.5 Å². The van der Waals surface area contributed by atoms with Crippen LogP contribution in [0.2, 0.25) is 0 Å². The summed E-state index contributed by atoms with van der Waals surface area (Å²) in [6.07, 6.45) is 4.34. The molecular formula is C12H18BrN3O2. The predicted molar refractivity (Wildman–Crippen MR) is 72.9 cm³/mol. The lowest BCUT2D eigenvalue weighted by atomic mass is 10.1. The zero-order valence-electron chi connectivity index (χ0n) is 10.2. The van der Waals surface area contributed by atoms with Gasteiger partial charge in [-0.15, -0.1) is 0 Å². The monoisotopic (exact) mass is 315 g/mol. The number of anilines is 1. The van der Waals surface area contributed by atoms with Gasteiger partial charge in [-0.2, -0.15) is 0 Å². The Morgan fingerprint density at radius 1 is 1.22 bits per heavy atom. The largest absolute Gasteiger partial charge is 0.390 e. The highest BCUT2D eigenvalue weighted by Crippen LogP contribution is 2.20. The van der Waals surface area contributed by atoms with Crippen molar-refractivity contribution in [3.05, 3.63) is 18.0 Å². The van der Waals surface area contributed by atoms with Crippen molar-refractivity contribution in [2.75, 3.05) is 23.3 Å². The van der Waals surface area contributed by atoms with Crippen LogP contribution in [0.15, 0.2) is 12.4 Å². The molecule has 6 heteroatoms. The molecule has 2 atom stereocenters. The van der Waals surface area contributed by atoms with Crippen molar-refractivity contribution in [1.29, 1.82) is 0 Å². The molecule has 5 nitrogen and oxygen atoms in total. The second-order valence-corrected chi connectivity index (χ2v) is 5.29. The van der Waals surface area contributed by atoms with E-state index in [4.69, 9.17) is 0 Å². The number of alkyl halides is 1. The average molecular weight is 316 g/mol. The number of aromatic nitrogens is 2. The van der Waals surface area contributed by atoms with Crippen LogP contribution in [-0.2, 0) is 0 Å². The molecule has 2 rings (SSSR count). The van der Waals surface area contributed by atoms with E-state index in [1.165, 1.54) is 12.8 Å². The van der Waals surface area contributed by atoms with Crippen LogP contribution >= 0.6 is 15.9 Å². The molecule has 100 valence electrons. The standard InChI is InChI=1S/C12H18BrN3O2/c13-4-3-10(17)11(18)9-7-14-12(15-8-9)16-5-1-2-6-16/h7-8,10-11,17-18H,1-6H2.